The van der Waals surface area contributed by atoms with Gasteiger partial charge in [0.05, 0.1) is 5.69 Å². The number of anilines is 1. The fraction of sp³-hybridized carbons (Fsp3) is 0.333. The van der Waals surface area contributed by atoms with Crippen LogP contribution in [0.3, 0.4) is 0 Å². The minimum atomic E-state index is -0.625. The monoisotopic (exact) mass is 187 g/mol. The number of aromatic nitrogens is 1. The van der Waals surface area contributed by atoms with Gasteiger partial charge in [-0.15, -0.1) is 11.3 Å². The maximum atomic E-state index is 10.4. The summed E-state index contributed by atoms with van der Waals surface area (Å²) in [4.78, 5) is 14.4. The van der Waals surface area contributed by atoms with Gasteiger partial charge in [-0.05, 0) is 0 Å². The Bertz CT molecular complexity index is 274. The van der Waals surface area contributed by atoms with Crippen molar-refractivity contribution < 1.29 is 9.90 Å². The van der Waals surface area contributed by atoms with Gasteiger partial charge in [-0.1, -0.05) is 0 Å². The van der Waals surface area contributed by atoms with Crippen LogP contribution in [0.15, 0.2) is 5.38 Å². The molecule has 1 rings (SSSR count). The first-order valence-electron chi connectivity index (χ1n) is 3.34. The summed E-state index contributed by atoms with van der Waals surface area (Å²) in [5.41, 5.74) is 5.63. The van der Waals surface area contributed by atoms with E-state index in [-0.39, 0.29) is 6.61 Å². The van der Waals surface area contributed by atoms with Crippen molar-refractivity contribution in [2.45, 2.75) is 6.42 Å². The normalized spacial score (nSPS) is 9.75. The second-order valence-corrected chi connectivity index (χ2v) is 2.96. The van der Waals surface area contributed by atoms with Crippen LogP contribution in [-0.4, -0.2) is 22.7 Å². The summed E-state index contributed by atoms with van der Waals surface area (Å²) in [7, 11) is 0. The Morgan fingerprint density at radius 2 is 2.58 bits per heavy atom. The lowest BCUT2D eigenvalue weighted by atomic mass is 10.4. The fourth-order valence-electron chi connectivity index (χ4n) is 0.699. The number of nitrogens with zero attached hydrogens (tertiary/aromatic N) is 1. The minimum absolute atomic E-state index is 0.0553. The number of aliphatic hydroxyl groups excluding tert-OH is 1. The number of urea groups is 1. The Labute approximate surface area is 73.2 Å². The topological polar surface area (TPSA) is 88.2 Å². The number of nitrogens with one attached hydrogen (secondary N) is 1. The molecule has 66 valence electrons. The highest BCUT2D eigenvalue weighted by molar-refractivity contribution is 7.13. The Balaban J connectivity index is 2.58. The molecule has 4 N–H and O–H groups in total. The number of nitrogens with two attached hydrogens (primary N) is 1. The molecule has 0 fully saturated rings. The molecule has 0 atom stereocenters. The minimum Gasteiger partial charge on any atom is -0.396 e. The van der Waals surface area contributed by atoms with Crippen molar-refractivity contribution in [1.82, 2.24) is 4.98 Å². The van der Waals surface area contributed by atoms with Crippen LogP contribution in [0.25, 0.3) is 0 Å². The molecule has 0 radical (unpaired) electrons. The molecule has 0 unspecified atom stereocenters. The molecule has 1 heterocycles. The highest BCUT2D eigenvalue weighted by Gasteiger charge is 2.02. The van der Waals surface area contributed by atoms with Crippen LogP contribution < -0.4 is 11.1 Å². The summed E-state index contributed by atoms with van der Waals surface area (Å²) in [6.45, 7) is 0.0553. The molecular formula is C6H9N3O2S. The first-order valence-corrected chi connectivity index (χ1v) is 4.22. The third-order valence-corrected chi connectivity index (χ3v) is 1.96. The average Bonchev–Trinajstić information content (AvgIpc) is 2.36. The number of hydrogen-bond donors (Lipinski definition) is 3. The summed E-state index contributed by atoms with van der Waals surface area (Å²) < 4.78 is 0. The molecule has 1 aromatic heterocycles. The van der Waals surface area contributed by atoms with Crippen molar-refractivity contribution in [2.75, 3.05) is 11.9 Å². The van der Waals surface area contributed by atoms with Gasteiger partial charge in [-0.3, -0.25) is 5.32 Å². The van der Waals surface area contributed by atoms with Gasteiger partial charge in [0.1, 0.15) is 0 Å². The van der Waals surface area contributed by atoms with E-state index in [0.717, 1.165) is 5.69 Å². The Morgan fingerprint density at radius 3 is 3.17 bits per heavy atom. The van der Waals surface area contributed by atoms with Crippen LogP contribution in [0.1, 0.15) is 5.69 Å². The van der Waals surface area contributed by atoms with Gasteiger partial charge in [0.25, 0.3) is 0 Å². The zero-order chi connectivity index (χ0) is 8.97. The van der Waals surface area contributed by atoms with Crippen LogP contribution in [0, 0.1) is 0 Å². The van der Waals surface area contributed by atoms with Gasteiger partial charge in [0.2, 0.25) is 0 Å². The van der Waals surface area contributed by atoms with Crippen molar-refractivity contribution >= 4 is 22.5 Å². The summed E-state index contributed by atoms with van der Waals surface area (Å²) >= 11 is 1.28. The summed E-state index contributed by atoms with van der Waals surface area (Å²) in [5.74, 6) is 0. The lowest BCUT2D eigenvalue weighted by Crippen LogP contribution is -2.19. The largest absolute Gasteiger partial charge is 0.396 e. The number of rotatable bonds is 3. The van der Waals surface area contributed by atoms with Crippen LogP contribution in [0.2, 0.25) is 0 Å². The quantitative estimate of drug-likeness (QED) is 0.630. The molecule has 0 aliphatic heterocycles. The second-order valence-electron chi connectivity index (χ2n) is 2.11. The van der Waals surface area contributed by atoms with Crippen LogP contribution >= 0.6 is 11.3 Å². The SMILES string of the molecule is NC(=O)Nc1nc(CCO)cs1. The van der Waals surface area contributed by atoms with E-state index in [1.54, 1.807) is 5.38 Å². The second kappa shape index (κ2) is 4.03. The molecule has 2 amide bonds. The van der Waals surface area contributed by atoms with Crippen molar-refractivity contribution in [3.63, 3.8) is 0 Å². The number of amides is 2. The number of carbonyl (C=O) groups excluding carboxylic acids is 1. The maximum Gasteiger partial charge on any atom is 0.318 e. The molecule has 0 aromatic carbocycles. The molecule has 6 heteroatoms. The first kappa shape index (κ1) is 8.95. The lowest BCUT2D eigenvalue weighted by molar-refractivity contribution is 0.259. The van der Waals surface area contributed by atoms with Gasteiger partial charge in [0.15, 0.2) is 5.13 Å². The molecule has 0 saturated heterocycles. The molecule has 0 aliphatic carbocycles. The zero-order valence-electron chi connectivity index (χ0n) is 6.28. The molecule has 0 aliphatic rings. The summed E-state index contributed by atoms with van der Waals surface area (Å²) in [5, 5.41) is 13.1. The van der Waals surface area contributed by atoms with Crippen molar-refractivity contribution in [3.05, 3.63) is 11.1 Å². The van der Waals surface area contributed by atoms with E-state index in [1.165, 1.54) is 11.3 Å². The maximum absolute atomic E-state index is 10.4. The summed E-state index contributed by atoms with van der Waals surface area (Å²) in [6, 6.07) is -0.625. The third kappa shape index (κ3) is 2.48. The predicted molar refractivity (Wildman–Crippen MR) is 46.1 cm³/mol. The number of thiazole rings is 1. The highest BCUT2D eigenvalue weighted by atomic mass is 32.1. The number of primary amides is 1. The van der Waals surface area contributed by atoms with E-state index in [9.17, 15) is 4.79 Å². The third-order valence-electron chi connectivity index (χ3n) is 1.15. The van der Waals surface area contributed by atoms with Crippen LogP contribution in [0.5, 0.6) is 0 Å². The van der Waals surface area contributed by atoms with Crippen LogP contribution in [-0.2, 0) is 6.42 Å². The van der Waals surface area contributed by atoms with Crippen molar-refractivity contribution in [3.8, 4) is 0 Å². The molecule has 1 aromatic rings. The van der Waals surface area contributed by atoms with E-state index in [4.69, 9.17) is 10.8 Å². The smallest absolute Gasteiger partial charge is 0.318 e. The Kier molecular flexibility index (Phi) is 3.01. The zero-order valence-corrected chi connectivity index (χ0v) is 7.10. The average molecular weight is 187 g/mol. The predicted octanol–water partition coefficient (Wildman–Crippen LogP) is 0.169. The molecule has 0 spiro atoms. The van der Waals surface area contributed by atoms with Crippen LogP contribution in [0.4, 0.5) is 9.93 Å². The van der Waals surface area contributed by atoms with Gasteiger partial charge in [0, 0.05) is 18.4 Å². The molecule has 0 bridgehead atoms. The van der Waals surface area contributed by atoms with Gasteiger partial charge in [-0.25, -0.2) is 9.78 Å². The Hall–Kier alpha value is -1.14. The lowest BCUT2D eigenvalue weighted by Gasteiger charge is -1.92. The highest BCUT2D eigenvalue weighted by Crippen LogP contribution is 2.14. The molecular weight excluding hydrogens is 178 g/mol. The van der Waals surface area contributed by atoms with Gasteiger partial charge < -0.3 is 10.8 Å². The molecule has 12 heavy (non-hydrogen) atoms. The van der Waals surface area contributed by atoms with E-state index in [1.807, 2.05) is 0 Å². The van der Waals surface area contributed by atoms with Gasteiger partial charge in [-0.2, -0.15) is 0 Å². The van der Waals surface area contributed by atoms with Crippen molar-refractivity contribution in [2.24, 2.45) is 5.73 Å². The van der Waals surface area contributed by atoms with E-state index < -0.39 is 6.03 Å². The van der Waals surface area contributed by atoms with Gasteiger partial charge >= 0.3 is 6.03 Å². The van der Waals surface area contributed by atoms with E-state index in [0.29, 0.717) is 11.6 Å². The molecule has 0 saturated carbocycles. The summed E-state index contributed by atoms with van der Waals surface area (Å²) in [6.07, 6.45) is 0.497. The Morgan fingerprint density at radius 1 is 1.83 bits per heavy atom. The van der Waals surface area contributed by atoms with Crippen molar-refractivity contribution in [1.29, 1.82) is 0 Å². The van der Waals surface area contributed by atoms with E-state index >= 15 is 0 Å². The first-order chi connectivity index (χ1) is 5.72. The van der Waals surface area contributed by atoms with E-state index in [2.05, 4.69) is 10.3 Å². The number of carbonyl (C=O) groups is 1. The number of hydrogen-bond acceptors (Lipinski definition) is 4. The molecule has 5 nitrogen and oxygen atoms in total. The standard InChI is InChI=1S/C6H9N3O2S/c7-5(11)9-6-8-4(1-2-10)3-12-6/h3,10H,1-2H2,(H3,7,8,9,11). The fourth-order valence-corrected chi connectivity index (χ4v) is 1.45. The number of aliphatic hydroxyl groups is 1.